The number of esters is 1. The molecule has 0 radical (unpaired) electrons. The van der Waals surface area contributed by atoms with E-state index >= 15 is 0 Å². The van der Waals surface area contributed by atoms with Gasteiger partial charge in [-0.15, -0.1) is 0 Å². The van der Waals surface area contributed by atoms with Crippen LogP contribution in [-0.4, -0.2) is 59.6 Å². The summed E-state index contributed by atoms with van der Waals surface area (Å²) in [6.07, 6.45) is 0.557. The molecule has 2 rings (SSSR count). The fourth-order valence-corrected chi connectivity index (χ4v) is 5.17. The minimum absolute atomic E-state index is 0.0119. The topological polar surface area (TPSA) is 110 Å². The summed E-state index contributed by atoms with van der Waals surface area (Å²) in [6, 6.07) is 6.28. The number of hydrogen-bond donors (Lipinski definition) is 1. The summed E-state index contributed by atoms with van der Waals surface area (Å²) >= 11 is 0. The third-order valence-electron chi connectivity index (χ3n) is 3.65. The molecule has 1 aromatic rings. The number of carbonyl (C=O) groups excluding carboxylic acids is 1. The number of nitrogens with zero attached hydrogens (tertiary/aromatic N) is 1. The molecule has 0 amide bonds. The third-order valence-corrected chi connectivity index (χ3v) is 6.95. The molecule has 24 heavy (non-hydrogen) atoms. The Morgan fingerprint density at radius 2 is 2.04 bits per heavy atom. The summed E-state index contributed by atoms with van der Waals surface area (Å²) in [5, 5.41) is 0. The quantitative estimate of drug-likeness (QED) is 0.667. The van der Waals surface area contributed by atoms with Crippen molar-refractivity contribution in [2.24, 2.45) is 0 Å². The van der Waals surface area contributed by atoms with E-state index in [0.717, 1.165) is 0 Å². The van der Waals surface area contributed by atoms with Crippen LogP contribution in [0.1, 0.15) is 22.3 Å². The van der Waals surface area contributed by atoms with Gasteiger partial charge < -0.3 is 4.74 Å². The summed E-state index contributed by atoms with van der Waals surface area (Å²) in [6.45, 7) is 0.497. The standard InChI is InChI=1S/C14H20N2O6S2/c1-22-14(17)13-6-3-2-5-12(13)11-23(18,19)15-7-9-16-8-4-10-24(16,20)21/h2-3,5-6,15H,4,7-11H2,1H3. The summed E-state index contributed by atoms with van der Waals surface area (Å²) in [7, 11) is -5.73. The Hall–Kier alpha value is -1.49. The second-order valence-corrected chi connectivity index (χ2v) is 9.27. The number of nitrogens with one attached hydrogen (secondary N) is 1. The van der Waals surface area contributed by atoms with Crippen LogP contribution in [0.4, 0.5) is 0 Å². The average molecular weight is 376 g/mol. The highest BCUT2D eigenvalue weighted by molar-refractivity contribution is 7.89. The van der Waals surface area contributed by atoms with Crippen LogP contribution in [0, 0.1) is 0 Å². The van der Waals surface area contributed by atoms with Crippen LogP contribution in [0.15, 0.2) is 24.3 Å². The molecule has 0 spiro atoms. The molecule has 1 aromatic carbocycles. The molecule has 0 unspecified atom stereocenters. The van der Waals surface area contributed by atoms with Crippen LogP contribution in [0.25, 0.3) is 0 Å². The molecule has 1 heterocycles. The van der Waals surface area contributed by atoms with E-state index in [-0.39, 0.29) is 30.2 Å². The Morgan fingerprint density at radius 1 is 1.33 bits per heavy atom. The molecular weight excluding hydrogens is 356 g/mol. The van der Waals surface area contributed by atoms with Crippen molar-refractivity contribution in [2.45, 2.75) is 12.2 Å². The smallest absolute Gasteiger partial charge is 0.338 e. The van der Waals surface area contributed by atoms with Gasteiger partial charge in [-0.1, -0.05) is 18.2 Å². The van der Waals surface area contributed by atoms with Gasteiger partial charge in [-0.25, -0.2) is 30.7 Å². The molecule has 1 fully saturated rings. The van der Waals surface area contributed by atoms with Crippen LogP contribution in [0.3, 0.4) is 0 Å². The molecule has 1 aliphatic heterocycles. The third kappa shape index (κ3) is 4.76. The summed E-state index contributed by atoms with van der Waals surface area (Å²) in [5.41, 5.74) is 0.512. The molecule has 0 aromatic heterocycles. The zero-order valence-electron chi connectivity index (χ0n) is 13.3. The fourth-order valence-electron chi connectivity index (χ4n) is 2.48. The first kappa shape index (κ1) is 18.8. The van der Waals surface area contributed by atoms with E-state index < -0.39 is 26.0 Å². The van der Waals surface area contributed by atoms with E-state index in [0.29, 0.717) is 18.5 Å². The number of ether oxygens (including phenoxy) is 1. The van der Waals surface area contributed by atoms with Crippen LogP contribution < -0.4 is 4.72 Å². The van der Waals surface area contributed by atoms with Crippen molar-refractivity contribution in [3.8, 4) is 0 Å². The molecule has 8 nitrogen and oxygen atoms in total. The van der Waals surface area contributed by atoms with Gasteiger partial charge >= 0.3 is 5.97 Å². The highest BCUT2D eigenvalue weighted by atomic mass is 32.2. The van der Waals surface area contributed by atoms with Gasteiger partial charge in [0.2, 0.25) is 20.0 Å². The Morgan fingerprint density at radius 3 is 2.67 bits per heavy atom. The molecule has 0 saturated carbocycles. The van der Waals surface area contributed by atoms with Crippen molar-refractivity contribution in [1.82, 2.24) is 9.03 Å². The molecule has 1 aliphatic rings. The van der Waals surface area contributed by atoms with Crippen molar-refractivity contribution in [3.63, 3.8) is 0 Å². The van der Waals surface area contributed by atoms with Crippen LogP contribution in [0.5, 0.6) is 0 Å². The van der Waals surface area contributed by atoms with Gasteiger partial charge in [0.1, 0.15) is 0 Å². The number of sulfonamides is 2. The molecule has 10 heteroatoms. The maximum atomic E-state index is 12.2. The molecule has 0 bridgehead atoms. The predicted molar refractivity (Wildman–Crippen MR) is 88.4 cm³/mol. The SMILES string of the molecule is COC(=O)c1ccccc1CS(=O)(=O)NCCN1CCCS1(=O)=O. The minimum Gasteiger partial charge on any atom is -0.465 e. The molecule has 1 N–H and O–H groups in total. The van der Waals surface area contributed by atoms with E-state index in [9.17, 15) is 21.6 Å². The number of benzene rings is 1. The van der Waals surface area contributed by atoms with Gasteiger partial charge in [-0.2, -0.15) is 0 Å². The van der Waals surface area contributed by atoms with Crippen molar-refractivity contribution in [2.75, 3.05) is 32.5 Å². The van der Waals surface area contributed by atoms with Gasteiger partial charge in [0.05, 0.1) is 24.2 Å². The number of carbonyl (C=O) groups is 1. The number of rotatable bonds is 7. The van der Waals surface area contributed by atoms with Gasteiger partial charge in [0.15, 0.2) is 0 Å². The van der Waals surface area contributed by atoms with Crippen molar-refractivity contribution in [3.05, 3.63) is 35.4 Å². The Bertz CT molecular complexity index is 804. The molecule has 1 saturated heterocycles. The first-order valence-corrected chi connectivity index (χ1v) is 10.6. The Balaban J connectivity index is 1.98. The largest absolute Gasteiger partial charge is 0.465 e. The minimum atomic E-state index is -3.71. The van der Waals surface area contributed by atoms with E-state index in [1.54, 1.807) is 12.1 Å². The van der Waals surface area contributed by atoms with Gasteiger partial charge in [-0.3, -0.25) is 0 Å². The van der Waals surface area contributed by atoms with E-state index in [1.807, 2.05) is 0 Å². The zero-order valence-corrected chi connectivity index (χ0v) is 14.9. The Labute approximate surface area is 141 Å². The van der Waals surface area contributed by atoms with Gasteiger partial charge in [-0.05, 0) is 18.1 Å². The molecule has 134 valence electrons. The predicted octanol–water partition coefficient (Wildman–Crippen LogP) is -0.0719. The van der Waals surface area contributed by atoms with Crippen molar-refractivity contribution >= 4 is 26.0 Å². The maximum absolute atomic E-state index is 12.2. The molecular formula is C14H20N2O6S2. The number of hydrogen-bond acceptors (Lipinski definition) is 6. The second kappa shape index (κ2) is 7.60. The lowest BCUT2D eigenvalue weighted by Gasteiger charge is -2.15. The van der Waals surface area contributed by atoms with E-state index in [2.05, 4.69) is 9.46 Å². The normalized spacial score (nSPS) is 17.7. The van der Waals surface area contributed by atoms with Gasteiger partial charge in [0, 0.05) is 19.6 Å². The summed E-state index contributed by atoms with van der Waals surface area (Å²) in [5.74, 6) is -0.888. The van der Waals surface area contributed by atoms with Gasteiger partial charge in [0.25, 0.3) is 0 Å². The lowest BCUT2D eigenvalue weighted by atomic mass is 10.1. The van der Waals surface area contributed by atoms with E-state index in [4.69, 9.17) is 0 Å². The highest BCUT2D eigenvalue weighted by Crippen LogP contribution is 2.14. The summed E-state index contributed by atoms with van der Waals surface area (Å²) < 4.78 is 55.9. The first-order chi connectivity index (χ1) is 11.2. The van der Waals surface area contributed by atoms with E-state index in [1.165, 1.54) is 23.5 Å². The maximum Gasteiger partial charge on any atom is 0.338 e. The molecule has 0 aliphatic carbocycles. The average Bonchev–Trinajstić information content (AvgIpc) is 2.85. The first-order valence-electron chi connectivity index (χ1n) is 7.36. The lowest BCUT2D eigenvalue weighted by molar-refractivity contribution is 0.0600. The Kier molecular flexibility index (Phi) is 5.97. The lowest BCUT2D eigenvalue weighted by Crippen LogP contribution is -2.36. The van der Waals surface area contributed by atoms with Crippen LogP contribution >= 0.6 is 0 Å². The second-order valence-electron chi connectivity index (χ2n) is 5.37. The zero-order chi connectivity index (χ0) is 17.8. The van der Waals surface area contributed by atoms with Crippen molar-refractivity contribution < 1.29 is 26.4 Å². The highest BCUT2D eigenvalue weighted by Gasteiger charge is 2.28. The van der Waals surface area contributed by atoms with Crippen LogP contribution in [-0.2, 0) is 30.5 Å². The molecule has 0 atom stereocenters. The monoisotopic (exact) mass is 376 g/mol. The van der Waals surface area contributed by atoms with Crippen LogP contribution in [0.2, 0.25) is 0 Å². The summed E-state index contributed by atoms with van der Waals surface area (Å²) in [4.78, 5) is 11.7. The van der Waals surface area contributed by atoms with Crippen molar-refractivity contribution in [1.29, 1.82) is 0 Å². The fraction of sp³-hybridized carbons (Fsp3) is 0.500. The number of methoxy groups -OCH3 is 1.